The SMILES string of the molecule is CN1CCC(N(C)CC2CCN(c3ncnc4sc(Br)c(-c5ccccc5)c34)CC2)C1. The number of likely N-dealkylation sites (tertiary alicyclic amines) is 1. The maximum Gasteiger partial charge on any atom is 0.141 e. The van der Waals surface area contributed by atoms with Crippen molar-refractivity contribution in [2.24, 2.45) is 5.92 Å². The minimum atomic E-state index is 0.723. The summed E-state index contributed by atoms with van der Waals surface area (Å²) < 4.78 is 1.13. The molecule has 0 N–H and O–H groups in total. The highest BCUT2D eigenvalue weighted by Crippen LogP contribution is 2.45. The second kappa shape index (κ2) is 9.14. The van der Waals surface area contributed by atoms with Crippen molar-refractivity contribution >= 4 is 43.3 Å². The van der Waals surface area contributed by atoms with Gasteiger partial charge in [0.05, 0.1) is 9.17 Å². The minimum absolute atomic E-state index is 0.723. The molecule has 3 aromatic rings. The Morgan fingerprint density at radius 1 is 1.10 bits per heavy atom. The first-order valence-electron chi connectivity index (χ1n) is 11.2. The van der Waals surface area contributed by atoms with E-state index >= 15 is 0 Å². The molecule has 0 bridgehead atoms. The van der Waals surface area contributed by atoms with Crippen molar-refractivity contribution in [3.63, 3.8) is 0 Å². The van der Waals surface area contributed by atoms with Gasteiger partial charge < -0.3 is 14.7 Å². The summed E-state index contributed by atoms with van der Waals surface area (Å²) in [5, 5.41) is 1.19. The average molecular weight is 501 g/mol. The second-order valence-electron chi connectivity index (χ2n) is 9.07. The number of aromatic nitrogens is 2. The van der Waals surface area contributed by atoms with Crippen LogP contribution in [-0.2, 0) is 0 Å². The molecule has 0 radical (unpaired) electrons. The zero-order valence-electron chi connectivity index (χ0n) is 18.3. The van der Waals surface area contributed by atoms with Gasteiger partial charge in [0.2, 0.25) is 0 Å². The van der Waals surface area contributed by atoms with E-state index in [1.165, 1.54) is 55.4 Å². The van der Waals surface area contributed by atoms with Crippen molar-refractivity contribution in [3.8, 4) is 11.1 Å². The van der Waals surface area contributed by atoms with E-state index < -0.39 is 0 Å². The van der Waals surface area contributed by atoms with Crippen LogP contribution in [0.1, 0.15) is 19.3 Å². The second-order valence-corrected chi connectivity index (χ2v) is 11.4. The molecule has 0 amide bonds. The zero-order chi connectivity index (χ0) is 21.4. The third-order valence-electron chi connectivity index (χ3n) is 6.94. The van der Waals surface area contributed by atoms with Crippen LogP contribution >= 0.6 is 27.3 Å². The van der Waals surface area contributed by atoms with E-state index in [4.69, 9.17) is 4.98 Å². The fourth-order valence-corrected chi connectivity index (χ4v) is 6.92. The summed E-state index contributed by atoms with van der Waals surface area (Å²) in [6, 6.07) is 11.3. The van der Waals surface area contributed by atoms with E-state index in [0.717, 1.165) is 39.5 Å². The number of halogens is 1. The maximum absolute atomic E-state index is 4.77. The van der Waals surface area contributed by atoms with Gasteiger partial charge in [-0.2, -0.15) is 0 Å². The lowest BCUT2D eigenvalue weighted by Gasteiger charge is -2.36. The van der Waals surface area contributed by atoms with E-state index in [0.29, 0.717) is 0 Å². The molecular weight excluding hydrogens is 470 g/mol. The molecule has 2 aliphatic rings. The first-order valence-corrected chi connectivity index (χ1v) is 12.8. The molecule has 2 fully saturated rings. The van der Waals surface area contributed by atoms with Crippen LogP contribution in [0.25, 0.3) is 21.3 Å². The van der Waals surface area contributed by atoms with Crippen molar-refractivity contribution in [2.75, 3.05) is 51.7 Å². The van der Waals surface area contributed by atoms with E-state index in [-0.39, 0.29) is 0 Å². The Balaban J connectivity index is 1.33. The Hall–Kier alpha value is -1.54. The van der Waals surface area contributed by atoms with Gasteiger partial charge in [0, 0.05) is 37.8 Å². The van der Waals surface area contributed by atoms with Gasteiger partial charge >= 0.3 is 0 Å². The number of thiophene rings is 1. The molecule has 2 aromatic heterocycles. The fourth-order valence-electron chi connectivity index (χ4n) is 5.15. The van der Waals surface area contributed by atoms with Crippen LogP contribution in [0, 0.1) is 5.92 Å². The van der Waals surface area contributed by atoms with Crippen LogP contribution in [0.4, 0.5) is 5.82 Å². The van der Waals surface area contributed by atoms with E-state index in [2.05, 4.69) is 80.0 Å². The van der Waals surface area contributed by atoms with E-state index in [1.807, 2.05) is 0 Å². The van der Waals surface area contributed by atoms with Gasteiger partial charge in [-0.05, 0) is 67.3 Å². The molecule has 4 heterocycles. The number of fused-ring (bicyclic) bond motifs is 1. The number of hydrogen-bond donors (Lipinski definition) is 0. The van der Waals surface area contributed by atoms with Gasteiger partial charge in [0.25, 0.3) is 0 Å². The highest BCUT2D eigenvalue weighted by molar-refractivity contribution is 9.11. The van der Waals surface area contributed by atoms with Gasteiger partial charge in [-0.15, -0.1) is 11.3 Å². The molecule has 0 saturated carbocycles. The first-order chi connectivity index (χ1) is 15.1. The molecular formula is C24H30BrN5S. The van der Waals surface area contributed by atoms with E-state index in [9.17, 15) is 0 Å². The number of rotatable bonds is 5. The standard InChI is InChI=1S/C24H30BrN5S/c1-28-11-10-19(15-28)29(2)14-17-8-12-30(13-9-17)23-21-20(18-6-4-3-5-7-18)22(25)31-24(21)27-16-26-23/h3-7,16-17,19H,8-15H2,1-2H3. The summed E-state index contributed by atoms with van der Waals surface area (Å²) in [6.07, 6.45) is 5.49. The van der Waals surface area contributed by atoms with Gasteiger partial charge in [0.15, 0.2) is 0 Å². The Morgan fingerprint density at radius 2 is 1.87 bits per heavy atom. The average Bonchev–Trinajstić information content (AvgIpc) is 3.37. The molecule has 5 nitrogen and oxygen atoms in total. The lowest BCUT2D eigenvalue weighted by atomic mass is 9.95. The number of nitrogens with zero attached hydrogens (tertiary/aromatic N) is 5. The van der Waals surface area contributed by atoms with Crippen LogP contribution < -0.4 is 4.90 Å². The van der Waals surface area contributed by atoms with Crippen LogP contribution in [0.5, 0.6) is 0 Å². The summed E-state index contributed by atoms with van der Waals surface area (Å²) >= 11 is 5.50. The molecule has 164 valence electrons. The number of benzene rings is 1. The number of likely N-dealkylation sites (N-methyl/N-ethyl adjacent to an activating group) is 2. The maximum atomic E-state index is 4.77. The lowest BCUT2D eigenvalue weighted by molar-refractivity contribution is 0.192. The molecule has 5 rings (SSSR count). The Kier molecular flexibility index (Phi) is 6.28. The van der Waals surface area contributed by atoms with Gasteiger partial charge in [-0.1, -0.05) is 30.3 Å². The molecule has 1 aromatic carbocycles. The first kappa shape index (κ1) is 21.3. The molecule has 1 atom stereocenters. The van der Waals surface area contributed by atoms with Crippen molar-refractivity contribution < 1.29 is 0 Å². The molecule has 1 unspecified atom stereocenters. The molecule has 31 heavy (non-hydrogen) atoms. The predicted octanol–water partition coefficient (Wildman–Crippen LogP) is 4.97. The van der Waals surface area contributed by atoms with Crippen molar-refractivity contribution in [1.29, 1.82) is 0 Å². The predicted molar refractivity (Wildman–Crippen MR) is 134 cm³/mol. The molecule has 2 aliphatic heterocycles. The van der Waals surface area contributed by atoms with Gasteiger partial charge in [0.1, 0.15) is 17.0 Å². The van der Waals surface area contributed by atoms with E-state index in [1.54, 1.807) is 17.7 Å². The topological polar surface area (TPSA) is 35.5 Å². The summed E-state index contributed by atoms with van der Waals surface area (Å²) in [7, 11) is 4.56. The smallest absolute Gasteiger partial charge is 0.141 e. The van der Waals surface area contributed by atoms with Crippen molar-refractivity contribution in [1.82, 2.24) is 19.8 Å². The monoisotopic (exact) mass is 499 g/mol. The minimum Gasteiger partial charge on any atom is -0.356 e. The highest BCUT2D eigenvalue weighted by atomic mass is 79.9. The highest BCUT2D eigenvalue weighted by Gasteiger charge is 2.28. The third-order valence-corrected chi connectivity index (χ3v) is 8.71. The lowest BCUT2D eigenvalue weighted by Crippen LogP contribution is -2.42. The van der Waals surface area contributed by atoms with Crippen LogP contribution in [0.2, 0.25) is 0 Å². The molecule has 2 saturated heterocycles. The van der Waals surface area contributed by atoms with Crippen LogP contribution in [-0.4, -0.2) is 72.6 Å². The quantitative estimate of drug-likeness (QED) is 0.494. The van der Waals surface area contributed by atoms with Crippen LogP contribution in [0.3, 0.4) is 0 Å². The number of piperidine rings is 1. The summed E-state index contributed by atoms with van der Waals surface area (Å²) in [5.74, 6) is 1.86. The van der Waals surface area contributed by atoms with Gasteiger partial charge in [-0.25, -0.2) is 9.97 Å². The summed E-state index contributed by atoms with van der Waals surface area (Å²) in [6.45, 7) is 5.79. The van der Waals surface area contributed by atoms with Crippen LogP contribution in [0.15, 0.2) is 40.4 Å². The Morgan fingerprint density at radius 3 is 2.58 bits per heavy atom. The third kappa shape index (κ3) is 4.38. The normalized spacial score (nSPS) is 20.9. The number of hydrogen-bond acceptors (Lipinski definition) is 6. The summed E-state index contributed by atoms with van der Waals surface area (Å²) in [4.78, 5) is 18.0. The summed E-state index contributed by atoms with van der Waals surface area (Å²) in [5.41, 5.74) is 2.44. The van der Waals surface area contributed by atoms with Crippen molar-refractivity contribution in [3.05, 3.63) is 40.4 Å². The fraction of sp³-hybridized carbons (Fsp3) is 0.500. The zero-order valence-corrected chi connectivity index (χ0v) is 20.7. The van der Waals surface area contributed by atoms with Gasteiger partial charge in [-0.3, -0.25) is 0 Å². The molecule has 7 heteroatoms. The number of anilines is 1. The molecule has 0 aliphatic carbocycles. The largest absolute Gasteiger partial charge is 0.356 e. The van der Waals surface area contributed by atoms with Crippen molar-refractivity contribution in [2.45, 2.75) is 25.3 Å². The molecule has 0 spiro atoms. The Bertz CT molecular complexity index is 1030. The Labute approximate surface area is 197 Å².